The standard InChI is InChI=1S/C14H15BrN2O/c1-9(2)11-5-3-4-6-12(11)17-14(18)13-7-10(15)8-16-13/h3-9,16H,1-2H3,(H,17,18). The van der Waals surface area contributed by atoms with Crippen LogP contribution in [0, 0.1) is 0 Å². The molecule has 18 heavy (non-hydrogen) atoms. The predicted molar refractivity (Wildman–Crippen MR) is 77.0 cm³/mol. The van der Waals surface area contributed by atoms with Gasteiger partial charge in [-0.25, -0.2) is 0 Å². The lowest BCUT2D eigenvalue weighted by Crippen LogP contribution is -2.13. The van der Waals surface area contributed by atoms with E-state index in [0.29, 0.717) is 11.6 Å². The predicted octanol–water partition coefficient (Wildman–Crippen LogP) is 4.15. The van der Waals surface area contributed by atoms with Crippen molar-refractivity contribution < 1.29 is 4.79 Å². The molecular formula is C14H15BrN2O. The van der Waals surface area contributed by atoms with Gasteiger partial charge in [-0.1, -0.05) is 32.0 Å². The van der Waals surface area contributed by atoms with Crippen LogP contribution in [-0.4, -0.2) is 10.9 Å². The topological polar surface area (TPSA) is 44.9 Å². The van der Waals surface area contributed by atoms with Crippen molar-refractivity contribution in [2.75, 3.05) is 5.32 Å². The number of hydrogen-bond donors (Lipinski definition) is 2. The molecule has 0 saturated heterocycles. The van der Waals surface area contributed by atoms with E-state index in [1.54, 1.807) is 12.3 Å². The van der Waals surface area contributed by atoms with Gasteiger partial charge in [0.05, 0.1) is 0 Å². The first-order valence-electron chi connectivity index (χ1n) is 5.82. The van der Waals surface area contributed by atoms with Gasteiger partial charge in [0.1, 0.15) is 5.69 Å². The Morgan fingerprint density at radius 1 is 1.33 bits per heavy atom. The molecule has 0 unspecified atom stereocenters. The summed E-state index contributed by atoms with van der Waals surface area (Å²) in [4.78, 5) is 15.0. The molecule has 94 valence electrons. The van der Waals surface area contributed by atoms with Gasteiger partial charge in [-0.2, -0.15) is 0 Å². The zero-order chi connectivity index (χ0) is 13.1. The Bertz CT molecular complexity index is 560. The SMILES string of the molecule is CC(C)c1ccccc1NC(=O)c1cc(Br)c[nH]1. The quantitative estimate of drug-likeness (QED) is 0.879. The van der Waals surface area contributed by atoms with Crippen molar-refractivity contribution in [2.45, 2.75) is 19.8 Å². The highest BCUT2D eigenvalue weighted by Crippen LogP contribution is 2.24. The number of carbonyl (C=O) groups is 1. The van der Waals surface area contributed by atoms with E-state index >= 15 is 0 Å². The summed E-state index contributed by atoms with van der Waals surface area (Å²) in [6.45, 7) is 4.21. The van der Waals surface area contributed by atoms with Crippen molar-refractivity contribution in [2.24, 2.45) is 0 Å². The average molecular weight is 307 g/mol. The smallest absolute Gasteiger partial charge is 0.272 e. The van der Waals surface area contributed by atoms with Crippen molar-refractivity contribution in [3.63, 3.8) is 0 Å². The van der Waals surface area contributed by atoms with E-state index in [4.69, 9.17) is 0 Å². The highest BCUT2D eigenvalue weighted by atomic mass is 79.9. The maximum Gasteiger partial charge on any atom is 0.272 e. The van der Waals surface area contributed by atoms with Gasteiger partial charge >= 0.3 is 0 Å². The molecule has 1 heterocycles. The number of halogens is 1. The molecule has 4 heteroatoms. The van der Waals surface area contributed by atoms with E-state index in [2.05, 4.69) is 40.1 Å². The van der Waals surface area contributed by atoms with Gasteiger partial charge in [0.25, 0.3) is 5.91 Å². The van der Waals surface area contributed by atoms with Crippen molar-refractivity contribution >= 4 is 27.5 Å². The molecule has 0 aliphatic heterocycles. The first-order valence-corrected chi connectivity index (χ1v) is 6.61. The number of aromatic nitrogens is 1. The number of carbonyl (C=O) groups excluding carboxylic acids is 1. The van der Waals surface area contributed by atoms with Crippen molar-refractivity contribution in [3.05, 3.63) is 52.3 Å². The number of hydrogen-bond acceptors (Lipinski definition) is 1. The second kappa shape index (κ2) is 5.40. The van der Waals surface area contributed by atoms with Crippen LogP contribution in [0.3, 0.4) is 0 Å². The van der Waals surface area contributed by atoms with Crippen molar-refractivity contribution in [3.8, 4) is 0 Å². The van der Waals surface area contributed by atoms with Crippen molar-refractivity contribution in [1.29, 1.82) is 0 Å². The molecule has 0 fully saturated rings. The normalized spacial score (nSPS) is 10.7. The molecule has 2 rings (SSSR count). The fourth-order valence-corrected chi connectivity index (χ4v) is 2.15. The molecule has 0 saturated carbocycles. The molecule has 1 aromatic heterocycles. The van der Waals surface area contributed by atoms with Crippen LogP contribution < -0.4 is 5.32 Å². The van der Waals surface area contributed by atoms with Crippen LogP contribution in [0.5, 0.6) is 0 Å². The number of H-pyrrole nitrogens is 1. The Hall–Kier alpha value is -1.55. The largest absolute Gasteiger partial charge is 0.356 e. The van der Waals surface area contributed by atoms with E-state index in [0.717, 1.165) is 15.7 Å². The van der Waals surface area contributed by atoms with Crippen LogP contribution >= 0.6 is 15.9 Å². The van der Waals surface area contributed by atoms with E-state index in [9.17, 15) is 4.79 Å². The van der Waals surface area contributed by atoms with Crippen LogP contribution in [-0.2, 0) is 0 Å². The summed E-state index contributed by atoms with van der Waals surface area (Å²) in [5, 5.41) is 2.93. The Morgan fingerprint density at radius 3 is 2.67 bits per heavy atom. The Balaban J connectivity index is 2.22. The third-order valence-electron chi connectivity index (χ3n) is 2.72. The highest BCUT2D eigenvalue weighted by molar-refractivity contribution is 9.10. The summed E-state index contributed by atoms with van der Waals surface area (Å²) in [6, 6.07) is 9.62. The number of para-hydroxylation sites is 1. The minimum atomic E-state index is -0.131. The molecule has 0 aliphatic carbocycles. The first-order chi connectivity index (χ1) is 8.58. The maximum atomic E-state index is 12.0. The van der Waals surface area contributed by atoms with Gasteiger partial charge in [-0.05, 0) is 39.5 Å². The number of amides is 1. The summed E-state index contributed by atoms with van der Waals surface area (Å²) in [6.07, 6.45) is 1.74. The lowest BCUT2D eigenvalue weighted by atomic mass is 10.0. The minimum absolute atomic E-state index is 0.131. The molecule has 2 N–H and O–H groups in total. The summed E-state index contributed by atoms with van der Waals surface area (Å²) in [7, 11) is 0. The monoisotopic (exact) mass is 306 g/mol. The van der Waals surface area contributed by atoms with Crippen LogP contribution in [0.25, 0.3) is 0 Å². The fraction of sp³-hybridized carbons (Fsp3) is 0.214. The number of aromatic amines is 1. The van der Waals surface area contributed by atoms with Gasteiger partial charge in [0.2, 0.25) is 0 Å². The summed E-state index contributed by atoms with van der Waals surface area (Å²) in [5.74, 6) is 0.241. The number of rotatable bonds is 3. The van der Waals surface area contributed by atoms with Gasteiger partial charge in [-0.3, -0.25) is 4.79 Å². The first kappa shape index (κ1) is 12.9. The number of nitrogens with one attached hydrogen (secondary N) is 2. The van der Waals surface area contributed by atoms with E-state index < -0.39 is 0 Å². The van der Waals surface area contributed by atoms with E-state index in [-0.39, 0.29) is 5.91 Å². The Kier molecular flexibility index (Phi) is 3.87. The average Bonchev–Trinajstić information content (AvgIpc) is 2.76. The van der Waals surface area contributed by atoms with Gasteiger partial charge in [-0.15, -0.1) is 0 Å². The van der Waals surface area contributed by atoms with Crippen LogP contribution in [0.1, 0.15) is 35.8 Å². The molecule has 0 atom stereocenters. The van der Waals surface area contributed by atoms with E-state index in [1.165, 1.54) is 0 Å². The second-order valence-corrected chi connectivity index (χ2v) is 5.34. The maximum absolute atomic E-state index is 12.0. The summed E-state index contributed by atoms with van der Waals surface area (Å²) < 4.78 is 0.866. The summed E-state index contributed by atoms with van der Waals surface area (Å²) >= 11 is 3.31. The molecule has 0 bridgehead atoms. The van der Waals surface area contributed by atoms with Gasteiger partial charge in [0.15, 0.2) is 0 Å². The minimum Gasteiger partial charge on any atom is -0.356 e. The molecule has 0 spiro atoms. The second-order valence-electron chi connectivity index (χ2n) is 4.43. The molecule has 0 radical (unpaired) electrons. The molecule has 0 aliphatic rings. The zero-order valence-electron chi connectivity index (χ0n) is 10.3. The van der Waals surface area contributed by atoms with Crippen LogP contribution in [0.4, 0.5) is 5.69 Å². The molecule has 2 aromatic rings. The van der Waals surface area contributed by atoms with Crippen LogP contribution in [0.15, 0.2) is 41.0 Å². The van der Waals surface area contributed by atoms with Gasteiger partial charge < -0.3 is 10.3 Å². The van der Waals surface area contributed by atoms with E-state index in [1.807, 2.05) is 24.3 Å². The molecule has 1 aromatic carbocycles. The molecule has 1 amide bonds. The molecular weight excluding hydrogens is 292 g/mol. The highest BCUT2D eigenvalue weighted by Gasteiger charge is 2.11. The van der Waals surface area contributed by atoms with Gasteiger partial charge in [0, 0.05) is 16.4 Å². The fourth-order valence-electron chi connectivity index (χ4n) is 1.80. The number of anilines is 1. The lowest BCUT2D eigenvalue weighted by Gasteiger charge is -2.13. The summed E-state index contributed by atoms with van der Waals surface area (Å²) in [5.41, 5.74) is 2.54. The van der Waals surface area contributed by atoms with Crippen molar-refractivity contribution in [1.82, 2.24) is 4.98 Å². The Morgan fingerprint density at radius 2 is 2.06 bits per heavy atom. The Labute approximate surface area is 115 Å². The third-order valence-corrected chi connectivity index (χ3v) is 3.18. The number of benzene rings is 1. The van der Waals surface area contributed by atoms with Crippen LogP contribution in [0.2, 0.25) is 0 Å². The molecule has 3 nitrogen and oxygen atoms in total. The lowest BCUT2D eigenvalue weighted by molar-refractivity contribution is 0.102. The third kappa shape index (κ3) is 2.82. The zero-order valence-corrected chi connectivity index (χ0v) is 11.9.